The lowest BCUT2D eigenvalue weighted by molar-refractivity contribution is -0.282. The van der Waals surface area contributed by atoms with Crippen LogP contribution in [0.25, 0.3) is 0 Å². The van der Waals surface area contributed by atoms with Gasteiger partial charge in [-0.2, -0.15) is 0 Å². The molecular formula is C11H24N2O2. The van der Waals surface area contributed by atoms with Crippen molar-refractivity contribution in [2.75, 3.05) is 33.9 Å². The summed E-state index contributed by atoms with van der Waals surface area (Å²) in [6, 6.07) is 0.462. The molecule has 1 heterocycles. The predicted molar refractivity (Wildman–Crippen MR) is 60.6 cm³/mol. The van der Waals surface area contributed by atoms with Gasteiger partial charge >= 0.3 is 0 Å². The van der Waals surface area contributed by atoms with Crippen molar-refractivity contribution >= 4 is 0 Å². The van der Waals surface area contributed by atoms with Crippen LogP contribution < -0.4 is 5.73 Å². The van der Waals surface area contributed by atoms with E-state index in [1.54, 1.807) is 14.2 Å². The largest absolute Gasteiger partial charge is 0.351 e. The molecule has 0 aliphatic carbocycles. The van der Waals surface area contributed by atoms with Crippen LogP contribution in [0.3, 0.4) is 0 Å². The van der Waals surface area contributed by atoms with Gasteiger partial charge in [-0.25, -0.2) is 0 Å². The maximum Gasteiger partial charge on any atom is 0.193 e. The van der Waals surface area contributed by atoms with E-state index in [0.29, 0.717) is 18.5 Å². The molecule has 0 spiro atoms. The monoisotopic (exact) mass is 216 g/mol. The Morgan fingerprint density at radius 3 is 2.13 bits per heavy atom. The summed E-state index contributed by atoms with van der Waals surface area (Å²) >= 11 is 0. The smallest absolute Gasteiger partial charge is 0.193 e. The van der Waals surface area contributed by atoms with Crippen LogP contribution in [0.4, 0.5) is 0 Å². The Morgan fingerprint density at radius 1 is 1.27 bits per heavy atom. The summed E-state index contributed by atoms with van der Waals surface area (Å²) in [5, 5.41) is 0. The number of ether oxygens (including phenoxy) is 2. The molecule has 15 heavy (non-hydrogen) atoms. The Balaban J connectivity index is 2.41. The second-order valence-corrected chi connectivity index (χ2v) is 4.74. The summed E-state index contributed by atoms with van der Waals surface area (Å²) in [4.78, 5) is 2.34. The molecule has 1 unspecified atom stereocenters. The van der Waals surface area contributed by atoms with Crippen LogP contribution in [0.5, 0.6) is 0 Å². The lowest BCUT2D eigenvalue weighted by Gasteiger charge is -2.51. The summed E-state index contributed by atoms with van der Waals surface area (Å²) in [6.45, 7) is 6.82. The highest BCUT2D eigenvalue weighted by molar-refractivity contribution is 4.93. The molecule has 1 atom stereocenters. The first kappa shape index (κ1) is 12.9. The first-order chi connectivity index (χ1) is 7.06. The molecule has 1 saturated heterocycles. The van der Waals surface area contributed by atoms with Crippen molar-refractivity contribution in [1.29, 1.82) is 0 Å². The van der Waals surface area contributed by atoms with Crippen molar-refractivity contribution in [2.45, 2.75) is 32.1 Å². The molecule has 1 fully saturated rings. The number of nitrogens with zero attached hydrogens (tertiary/aromatic N) is 1. The van der Waals surface area contributed by atoms with Gasteiger partial charge in [-0.05, 0) is 12.3 Å². The zero-order valence-corrected chi connectivity index (χ0v) is 10.3. The molecule has 0 amide bonds. The molecule has 1 rings (SSSR count). The molecule has 1 aliphatic rings. The molecule has 0 radical (unpaired) electrons. The van der Waals surface area contributed by atoms with Crippen molar-refractivity contribution in [3.8, 4) is 0 Å². The SMILES string of the molecule is COC1(OC)CN(C(CN)CC(C)C)C1. The van der Waals surface area contributed by atoms with E-state index in [-0.39, 0.29) is 5.79 Å². The molecule has 4 nitrogen and oxygen atoms in total. The van der Waals surface area contributed by atoms with E-state index in [0.717, 1.165) is 19.5 Å². The van der Waals surface area contributed by atoms with E-state index in [1.165, 1.54) is 0 Å². The fourth-order valence-corrected chi connectivity index (χ4v) is 2.11. The van der Waals surface area contributed by atoms with Gasteiger partial charge in [-0.15, -0.1) is 0 Å². The normalized spacial score (nSPS) is 22.8. The second kappa shape index (κ2) is 5.25. The van der Waals surface area contributed by atoms with Crippen LogP contribution in [0.15, 0.2) is 0 Å². The van der Waals surface area contributed by atoms with E-state index in [9.17, 15) is 0 Å². The first-order valence-electron chi connectivity index (χ1n) is 5.61. The Hall–Kier alpha value is -0.160. The molecule has 0 saturated carbocycles. The van der Waals surface area contributed by atoms with Gasteiger partial charge < -0.3 is 15.2 Å². The number of rotatable bonds is 6. The first-order valence-corrected chi connectivity index (χ1v) is 5.61. The fourth-order valence-electron chi connectivity index (χ4n) is 2.11. The molecule has 4 heteroatoms. The minimum absolute atomic E-state index is 0.385. The molecular weight excluding hydrogens is 192 g/mol. The second-order valence-electron chi connectivity index (χ2n) is 4.74. The predicted octanol–water partition coefficient (Wildman–Crippen LogP) is 0.664. The summed E-state index contributed by atoms with van der Waals surface area (Å²) < 4.78 is 10.7. The highest BCUT2D eigenvalue weighted by atomic mass is 16.7. The standard InChI is InChI=1S/C11H24N2O2/c1-9(2)5-10(6-12)13-7-11(8-13,14-3)15-4/h9-10H,5-8,12H2,1-4H3. The number of hydrogen-bond donors (Lipinski definition) is 1. The zero-order valence-electron chi connectivity index (χ0n) is 10.3. The van der Waals surface area contributed by atoms with Crippen molar-refractivity contribution in [3.05, 3.63) is 0 Å². The van der Waals surface area contributed by atoms with Gasteiger partial charge in [-0.3, -0.25) is 4.90 Å². The molecule has 90 valence electrons. The molecule has 2 N–H and O–H groups in total. The zero-order chi connectivity index (χ0) is 11.5. The van der Waals surface area contributed by atoms with Gasteiger partial charge in [0.2, 0.25) is 0 Å². The van der Waals surface area contributed by atoms with Gasteiger partial charge in [0, 0.05) is 26.8 Å². The molecule has 1 aliphatic heterocycles. The molecule has 0 aromatic carbocycles. The van der Waals surface area contributed by atoms with Crippen LogP contribution in [0, 0.1) is 5.92 Å². The topological polar surface area (TPSA) is 47.7 Å². The van der Waals surface area contributed by atoms with Crippen LogP contribution in [0.2, 0.25) is 0 Å². The lowest BCUT2D eigenvalue weighted by atomic mass is 9.97. The van der Waals surface area contributed by atoms with Gasteiger partial charge in [-0.1, -0.05) is 13.8 Å². The lowest BCUT2D eigenvalue weighted by Crippen LogP contribution is -2.67. The van der Waals surface area contributed by atoms with Crippen LogP contribution in [-0.2, 0) is 9.47 Å². The Kier molecular flexibility index (Phi) is 4.52. The summed E-state index contributed by atoms with van der Waals surface area (Å²) in [5.74, 6) is 0.295. The number of nitrogens with two attached hydrogens (primary N) is 1. The summed E-state index contributed by atoms with van der Waals surface area (Å²) in [6.07, 6.45) is 1.14. The van der Waals surface area contributed by atoms with Crippen LogP contribution >= 0.6 is 0 Å². The Labute approximate surface area is 92.7 Å². The highest BCUT2D eigenvalue weighted by Crippen LogP contribution is 2.28. The van der Waals surface area contributed by atoms with Gasteiger partial charge in [0.15, 0.2) is 5.79 Å². The minimum atomic E-state index is -0.385. The van der Waals surface area contributed by atoms with Crippen LogP contribution in [0.1, 0.15) is 20.3 Å². The Morgan fingerprint density at radius 2 is 1.80 bits per heavy atom. The van der Waals surface area contributed by atoms with Gasteiger partial charge in [0.05, 0.1) is 13.1 Å². The molecule has 0 aromatic heterocycles. The van der Waals surface area contributed by atoms with Gasteiger partial charge in [0.25, 0.3) is 0 Å². The van der Waals surface area contributed by atoms with Crippen molar-refractivity contribution in [3.63, 3.8) is 0 Å². The van der Waals surface area contributed by atoms with E-state index in [4.69, 9.17) is 15.2 Å². The van der Waals surface area contributed by atoms with E-state index in [1.807, 2.05) is 0 Å². The van der Waals surface area contributed by atoms with Crippen molar-refractivity contribution < 1.29 is 9.47 Å². The summed E-state index contributed by atoms with van der Waals surface area (Å²) in [7, 11) is 3.39. The van der Waals surface area contributed by atoms with E-state index >= 15 is 0 Å². The third kappa shape index (κ3) is 2.91. The fraction of sp³-hybridized carbons (Fsp3) is 1.00. The average Bonchev–Trinajstić information content (AvgIpc) is 2.15. The van der Waals surface area contributed by atoms with Gasteiger partial charge in [0.1, 0.15) is 0 Å². The maximum atomic E-state index is 5.78. The quantitative estimate of drug-likeness (QED) is 0.663. The minimum Gasteiger partial charge on any atom is -0.351 e. The summed E-state index contributed by atoms with van der Waals surface area (Å²) in [5.41, 5.74) is 5.78. The average molecular weight is 216 g/mol. The maximum absolute atomic E-state index is 5.78. The third-order valence-electron chi connectivity index (χ3n) is 3.16. The third-order valence-corrected chi connectivity index (χ3v) is 3.16. The number of likely N-dealkylation sites (tertiary alicyclic amines) is 1. The van der Waals surface area contributed by atoms with E-state index < -0.39 is 0 Å². The highest BCUT2D eigenvalue weighted by Gasteiger charge is 2.46. The van der Waals surface area contributed by atoms with Crippen molar-refractivity contribution in [2.24, 2.45) is 11.7 Å². The molecule has 0 aromatic rings. The number of hydrogen-bond acceptors (Lipinski definition) is 4. The van der Waals surface area contributed by atoms with E-state index in [2.05, 4.69) is 18.7 Å². The Bertz CT molecular complexity index is 185. The number of methoxy groups -OCH3 is 2. The van der Waals surface area contributed by atoms with Crippen molar-refractivity contribution in [1.82, 2.24) is 4.90 Å². The van der Waals surface area contributed by atoms with Crippen LogP contribution in [-0.4, -0.2) is 50.6 Å². The molecule has 0 bridgehead atoms.